The topological polar surface area (TPSA) is 673 Å². The number of aliphatic carboxylic acids is 2. The third-order valence-corrected chi connectivity index (χ3v) is 16.7. The Morgan fingerprint density at radius 3 is 0.921 bits per heavy atom. The Hall–Kier alpha value is -3.50. The molecule has 0 aromatic carbocycles. The van der Waals surface area contributed by atoms with Crippen LogP contribution in [0.3, 0.4) is 0 Å². The summed E-state index contributed by atoms with van der Waals surface area (Å²) in [7, 11) is 0. The maximum absolute atomic E-state index is 11.6. The number of thioether (sulfide) groups is 2. The quantitative estimate of drug-likeness (QED) is 0.0606. The number of aliphatic hydroxyl groups excluding tert-OH is 22. The minimum absolute atomic E-state index is 0.352. The van der Waals surface area contributed by atoms with Crippen LogP contribution in [0.15, 0.2) is 34.6 Å². The summed E-state index contributed by atoms with van der Waals surface area (Å²) in [5.41, 5.74) is 11.3. The molecule has 11 rings (SSSR count). The van der Waals surface area contributed by atoms with Crippen molar-refractivity contribution in [2.75, 3.05) is 56.0 Å². The van der Waals surface area contributed by atoms with E-state index in [1.54, 1.807) is 0 Å². The molecule has 0 aromatic heterocycles. The molecule has 8 bridgehead atoms. The van der Waals surface area contributed by atoms with Crippen LogP contribution in [0.25, 0.3) is 0 Å². The van der Waals surface area contributed by atoms with Crippen LogP contribution >= 0.6 is 23.5 Å². The van der Waals surface area contributed by atoms with Gasteiger partial charge in [-0.25, -0.2) is 0 Å². The highest BCUT2D eigenvalue weighted by Gasteiger charge is 2.55. The second kappa shape index (κ2) is 35.1. The van der Waals surface area contributed by atoms with E-state index in [-0.39, 0.29) is 5.75 Å². The number of hydrogen-bond donors (Lipinski definition) is 26. The molecule has 4 fully saturated rings. The molecule has 0 aromatic rings. The van der Waals surface area contributed by atoms with E-state index in [0.717, 1.165) is 11.8 Å². The maximum atomic E-state index is 11.6. The number of rotatable bonds is 18. The zero-order chi connectivity index (χ0) is 66.5. The van der Waals surface area contributed by atoms with E-state index in [4.69, 9.17) is 63.6 Å². The van der Waals surface area contributed by atoms with Gasteiger partial charge in [-0.15, -0.1) is 0 Å². The smallest absolute Gasteiger partial charge is 0.321 e. The van der Waals surface area contributed by atoms with E-state index < -0.39 is 288 Å². The summed E-state index contributed by atoms with van der Waals surface area (Å²) in [6, 6.07) is -3.03. The summed E-state index contributed by atoms with van der Waals surface area (Å²) in [5.74, 6) is -13.8. The lowest BCUT2D eigenvalue weighted by atomic mass is 9.96. The van der Waals surface area contributed by atoms with Gasteiger partial charge in [0.25, 0.3) is 0 Å². The predicted molar refractivity (Wildman–Crippen MR) is 287 cm³/mol. The number of carboxylic acids is 2. The van der Waals surface area contributed by atoms with Gasteiger partial charge in [0.15, 0.2) is 59.7 Å². The Labute approximate surface area is 511 Å². The maximum Gasteiger partial charge on any atom is 0.321 e. The third-order valence-electron chi connectivity index (χ3n) is 14.3. The van der Waals surface area contributed by atoms with Crippen LogP contribution in [0.4, 0.5) is 0 Å². The summed E-state index contributed by atoms with van der Waals surface area (Å²) in [6.07, 6.45) is -59.6. The Morgan fingerprint density at radius 2 is 0.618 bits per heavy atom. The van der Waals surface area contributed by atoms with Gasteiger partial charge < -0.3 is 186 Å². The summed E-state index contributed by atoms with van der Waals surface area (Å²) >= 11 is 1.46. The average Bonchev–Trinajstić information content (AvgIpc) is 1.35. The van der Waals surface area contributed by atoms with Crippen molar-refractivity contribution in [3.63, 3.8) is 0 Å². The van der Waals surface area contributed by atoms with Crippen LogP contribution in [-0.4, -0.2) is 363 Å². The van der Waals surface area contributed by atoms with Gasteiger partial charge in [0.2, 0.25) is 18.9 Å². The number of aliphatic hydroxyl groups is 22. The Bertz CT molecular complexity index is 2310. The molecule has 28 atom stereocenters. The van der Waals surface area contributed by atoms with Crippen LogP contribution < -0.4 is 11.5 Å². The summed E-state index contributed by atoms with van der Waals surface area (Å²) in [4.78, 5) is 23.1. The molecular weight excluding hydrogens is 1260 g/mol. The Kier molecular flexibility index (Phi) is 30.1. The molecule has 39 nitrogen and oxygen atoms in total. The van der Waals surface area contributed by atoms with E-state index >= 15 is 0 Å². The minimum atomic E-state index is -2.82. The lowest BCUT2D eigenvalue weighted by Gasteiger charge is -2.48. The molecule has 28 N–H and O–H groups in total. The molecule has 4 saturated heterocycles. The van der Waals surface area contributed by atoms with Crippen molar-refractivity contribution in [2.24, 2.45) is 11.5 Å². The predicted octanol–water partition coefficient (Wildman–Crippen LogP) is -10.2. The molecule has 41 heteroatoms. The number of carbonyl (C=O) groups is 2. The molecule has 11 heterocycles. The fraction of sp³-hybridized carbons (Fsp3) is 0.833. The number of fused-ring (bicyclic) bond motifs is 1. The zero-order valence-electron chi connectivity index (χ0n) is 46.7. The summed E-state index contributed by atoms with van der Waals surface area (Å²) in [6.45, 7) is -5.14. The van der Waals surface area contributed by atoms with Crippen molar-refractivity contribution in [3.05, 3.63) is 34.6 Å². The first-order valence-electron chi connectivity index (χ1n) is 27.2. The van der Waals surface area contributed by atoms with Crippen molar-refractivity contribution < 1.29 is 184 Å². The van der Waals surface area contributed by atoms with Crippen molar-refractivity contribution in [3.8, 4) is 0 Å². The number of carboxylic acid groups (broad SMARTS) is 2. The van der Waals surface area contributed by atoms with Gasteiger partial charge in [-0.1, -0.05) is 0 Å². The highest BCUT2D eigenvalue weighted by atomic mass is 32.2. The van der Waals surface area contributed by atoms with Crippen LogP contribution in [0.5, 0.6) is 0 Å². The average molecular weight is 1340 g/mol. The van der Waals surface area contributed by atoms with Crippen molar-refractivity contribution >= 4 is 35.5 Å². The van der Waals surface area contributed by atoms with Gasteiger partial charge in [0, 0.05) is 62.1 Å². The first kappa shape index (κ1) is 76.2. The van der Waals surface area contributed by atoms with E-state index in [1.165, 1.54) is 0 Å². The van der Waals surface area contributed by atoms with Gasteiger partial charge >= 0.3 is 11.9 Å². The fourth-order valence-corrected chi connectivity index (χ4v) is 11.5. The molecule has 0 radical (unpaired) electrons. The van der Waals surface area contributed by atoms with Crippen molar-refractivity contribution in [2.45, 2.75) is 191 Å². The van der Waals surface area contributed by atoms with Gasteiger partial charge in [0.1, 0.15) is 116 Å². The van der Waals surface area contributed by atoms with E-state index in [9.17, 15) is 132 Å². The van der Waals surface area contributed by atoms with Crippen LogP contribution in [0.2, 0.25) is 0 Å². The monoisotopic (exact) mass is 1340 g/mol. The fourth-order valence-electron chi connectivity index (χ4n) is 9.39. The van der Waals surface area contributed by atoms with Crippen molar-refractivity contribution in [1.82, 2.24) is 0 Å². The molecular formula is C48H80N2O37S2. The lowest BCUT2D eigenvalue weighted by molar-refractivity contribution is -0.379. The molecule has 0 spiro atoms. The molecule has 89 heavy (non-hydrogen) atoms. The second-order valence-electron chi connectivity index (χ2n) is 20.6. The largest absolute Gasteiger partial charge is 0.506 e. The second-order valence-corrected chi connectivity index (χ2v) is 22.8. The van der Waals surface area contributed by atoms with E-state index in [1.807, 2.05) is 0 Å². The normalized spacial score (nSPS) is 43.7. The highest BCUT2D eigenvalue weighted by Crippen LogP contribution is 2.37. The molecule has 8 unspecified atom stereocenters. The Morgan fingerprint density at radius 1 is 0.360 bits per heavy atom. The van der Waals surface area contributed by atoms with Crippen molar-refractivity contribution in [1.29, 1.82) is 0 Å². The first-order valence-corrected chi connectivity index (χ1v) is 29.5. The SMILES string of the molecule is N[C@H](CSCC1O[C@H]2O[C@@H]3C(CO)O[C@H](O[C@H](CCO)/C(O)=C(/O)[C@H](O)O[C@H](CCO)/C(O)=C(\O)[C@H](O)O[C@@H]4C(CSC[C@@H](N)C(=O)O)O[C@H](O[C@H](CCO)/C(O)=C(\O)[C@@H](O)O[C@@H]5C(CO)O[C@@H](O[C@H]1[C@H](O)C2O)C(O)[C@H]5O)C(O)[C@H]4O)C(O)[C@H]3O)C(=O)O. The van der Waals surface area contributed by atoms with Gasteiger partial charge in [-0.3, -0.25) is 9.59 Å². The number of hydrogen-bond acceptors (Lipinski definition) is 39. The Balaban J connectivity index is 1.59. The molecule has 516 valence electrons. The highest BCUT2D eigenvalue weighted by molar-refractivity contribution is 7.99. The minimum Gasteiger partial charge on any atom is -0.506 e. The van der Waals surface area contributed by atoms with Crippen LogP contribution in [-0.2, 0) is 61.7 Å². The van der Waals surface area contributed by atoms with Crippen LogP contribution in [0.1, 0.15) is 19.3 Å². The van der Waals surface area contributed by atoms with E-state index in [2.05, 4.69) is 0 Å². The van der Waals surface area contributed by atoms with Gasteiger partial charge in [-0.05, 0) is 0 Å². The standard InChI is InChI=1S/C48H80N2O37S2/c49-13(40(70)71)9-88-11-20-38-27(61)33(67)46(82-20)79-17(3-6-53)24(58)31(65)43(75)84-36-18(7-54)81-47(34(68)25(36)59)87-39-21(12-89-10-14(50)41(72)73)83-48(35(69)28(39)62)86-37-19(8-55)80-45(32(66)26(37)60)78-16(2-5-52)23(57)29(63)42(74)77-15(1-4-51)22(56)30(64)44(76)85-38/h13-21,25-28,32-39,42-48,51-69,74-76H,1-12,49-50H2,(H,70,71)(H,72,73)/b29-23-,30-22+,31-24+/t13-,14-,15-,16-,17-,18?,19?,20?,21?,25-,26-,27-,28-,32?,33?,34?,35?,36-,37-,38-,39-,42-,43+,44-,45+,46+,47+,48+/m1/s1. The molecule has 0 saturated carbocycles. The van der Waals surface area contributed by atoms with E-state index in [0.29, 0.717) is 11.8 Å². The number of nitrogens with two attached hydrogens (primary N) is 2. The lowest BCUT2D eigenvalue weighted by Crippen LogP contribution is -2.67. The summed E-state index contributed by atoms with van der Waals surface area (Å²) < 4.78 is 61.8. The van der Waals surface area contributed by atoms with Gasteiger partial charge in [-0.2, -0.15) is 23.5 Å². The third kappa shape index (κ3) is 19.1. The molecule has 11 aliphatic rings. The number of ether oxygens (including phenoxy) is 11. The van der Waals surface area contributed by atoms with Crippen LogP contribution in [0, 0.1) is 0 Å². The molecule has 0 amide bonds. The molecule has 11 aliphatic heterocycles. The summed E-state index contributed by atoms with van der Waals surface area (Å²) in [5, 5.41) is 261. The first-order chi connectivity index (χ1) is 42.0. The molecule has 0 aliphatic carbocycles. The zero-order valence-corrected chi connectivity index (χ0v) is 48.3. The van der Waals surface area contributed by atoms with Gasteiger partial charge in [0.05, 0.1) is 25.4 Å².